The van der Waals surface area contributed by atoms with Crippen LogP contribution < -0.4 is 0 Å². The van der Waals surface area contributed by atoms with Gasteiger partial charge in [0, 0.05) is 6.42 Å². The van der Waals surface area contributed by atoms with Crippen LogP contribution in [0.2, 0.25) is 0 Å². The third-order valence-electron chi connectivity index (χ3n) is 5.78. The quantitative estimate of drug-likeness (QED) is 0.512. The minimum Gasteiger partial charge on any atom is -0.462 e. The molecule has 0 bridgehead atoms. The predicted octanol–water partition coefficient (Wildman–Crippen LogP) is 6.03. The highest BCUT2D eigenvalue weighted by molar-refractivity contribution is 5.69. The molecule has 2 aliphatic rings. The van der Waals surface area contributed by atoms with Gasteiger partial charge in [0.1, 0.15) is 6.10 Å². The first-order valence-electron chi connectivity index (χ1n) is 9.97. The van der Waals surface area contributed by atoms with Gasteiger partial charge in [0.15, 0.2) is 0 Å². The molecule has 2 heteroatoms. The molecule has 0 atom stereocenters. The van der Waals surface area contributed by atoms with Gasteiger partial charge < -0.3 is 4.74 Å². The highest BCUT2D eigenvalue weighted by Gasteiger charge is 2.21. The Balaban J connectivity index is 1.50. The van der Waals surface area contributed by atoms with E-state index >= 15 is 0 Å². The van der Waals surface area contributed by atoms with E-state index in [0.29, 0.717) is 6.42 Å². The van der Waals surface area contributed by atoms with E-state index in [0.717, 1.165) is 31.1 Å². The third kappa shape index (κ3) is 6.71. The fourth-order valence-electron chi connectivity index (χ4n) is 4.26. The van der Waals surface area contributed by atoms with Crippen molar-refractivity contribution in [2.45, 2.75) is 109 Å². The van der Waals surface area contributed by atoms with E-state index in [1.54, 1.807) is 0 Å². The molecule has 0 amide bonds. The lowest BCUT2D eigenvalue weighted by Gasteiger charge is -2.28. The molecule has 2 rings (SSSR count). The van der Waals surface area contributed by atoms with Gasteiger partial charge in [-0.1, -0.05) is 58.3 Å². The highest BCUT2D eigenvalue weighted by atomic mass is 16.5. The van der Waals surface area contributed by atoms with Crippen LogP contribution in [0.15, 0.2) is 0 Å². The number of carbonyl (C=O) groups excluding carboxylic acids is 1. The lowest BCUT2D eigenvalue weighted by atomic mass is 9.78. The van der Waals surface area contributed by atoms with Crippen molar-refractivity contribution in [1.29, 1.82) is 0 Å². The molecule has 0 aliphatic heterocycles. The van der Waals surface area contributed by atoms with Crippen LogP contribution in [0.4, 0.5) is 0 Å². The van der Waals surface area contributed by atoms with Gasteiger partial charge in [0.05, 0.1) is 0 Å². The van der Waals surface area contributed by atoms with E-state index < -0.39 is 0 Å². The monoisotopic (exact) mass is 308 g/mol. The number of unbranched alkanes of at least 4 members (excludes halogenated alkanes) is 1. The lowest BCUT2D eigenvalue weighted by Crippen LogP contribution is -2.21. The van der Waals surface area contributed by atoms with E-state index in [1.807, 2.05) is 0 Å². The molecule has 128 valence electrons. The van der Waals surface area contributed by atoms with Gasteiger partial charge in [-0.15, -0.1) is 0 Å². The zero-order valence-electron chi connectivity index (χ0n) is 14.7. The average molecular weight is 309 g/mol. The summed E-state index contributed by atoms with van der Waals surface area (Å²) >= 11 is 0. The number of esters is 1. The number of hydrogen-bond acceptors (Lipinski definition) is 2. The molecule has 0 aromatic carbocycles. The van der Waals surface area contributed by atoms with Gasteiger partial charge in [-0.3, -0.25) is 4.79 Å². The second kappa shape index (κ2) is 10.3. The Bertz CT molecular complexity index is 299. The SMILES string of the molecule is CCCCC1CCC(CCCC(=O)OC2CCCCC2)CC1. The van der Waals surface area contributed by atoms with Crippen LogP contribution in [0.5, 0.6) is 0 Å². The fraction of sp³-hybridized carbons (Fsp3) is 0.950. The number of rotatable bonds is 8. The van der Waals surface area contributed by atoms with E-state index in [-0.39, 0.29) is 12.1 Å². The second-order valence-electron chi connectivity index (χ2n) is 7.67. The Morgan fingerprint density at radius 1 is 0.864 bits per heavy atom. The summed E-state index contributed by atoms with van der Waals surface area (Å²) < 4.78 is 5.60. The maximum atomic E-state index is 11.9. The molecule has 22 heavy (non-hydrogen) atoms. The molecular weight excluding hydrogens is 272 g/mol. The Kier molecular flexibility index (Phi) is 8.33. The van der Waals surface area contributed by atoms with Crippen molar-refractivity contribution in [1.82, 2.24) is 0 Å². The van der Waals surface area contributed by atoms with Gasteiger partial charge in [0.25, 0.3) is 0 Å². The maximum Gasteiger partial charge on any atom is 0.306 e. The molecule has 2 fully saturated rings. The first kappa shape index (κ1) is 17.8. The third-order valence-corrected chi connectivity index (χ3v) is 5.78. The molecule has 0 aromatic heterocycles. The molecule has 0 aromatic rings. The smallest absolute Gasteiger partial charge is 0.306 e. The van der Waals surface area contributed by atoms with Crippen LogP contribution in [-0.4, -0.2) is 12.1 Å². The zero-order chi connectivity index (χ0) is 15.6. The van der Waals surface area contributed by atoms with Crippen LogP contribution in [0.3, 0.4) is 0 Å². The van der Waals surface area contributed by atoms with Crippen molar-refractivity contribution < 1.29 is 9.53 Å². The average Bonchev–Trinajstić information content (AvgIpc) is 2.55. The minimum absolute atomic E-state index is 0.0588. The first-order chi connectivity index (χ1) is 10.8. The van der Waals surface area contributed by atoms with E-state index in [4.69, 9.17) is 4.74 Å². The molecule has 2 nitrogen and oxygen atoms in total. The van der Waals surface area contributed by atoms with E-state index in [2.05, 4.69) is 6.92 Å². The van der Waals surface area contributed by atoms with Crippen molar-refractivity contribution in [2.24, 2.45) is 11.8 Å². The Hall–Kier alpha value is -0.530. The zero-order valence-corrected chi connectivity index (χ0v) is 14.7. The highest BCUT2D eigenvalue weighted by Crippen LogP contribution is 2.34. The topological polar surface area (TPSA) is 26.3 Å². The summed E-state index contributed by atoms with van der Waals surface area (Å²) in [6.45, 7) is 2.29. The first-order valence-corrected chi connectivity index (χ1v) is 9.97. The van der Waals surface area contributed by atoms with Gasteiger partial charge in [-0.25, -0.2) is 0 Å². The summed E-state index contributed by atoms with van der Waals surface area (Å²) in [6, 6.07) is 0. The predicted molar refractivity (Wildman–Crippen MR) is 91.8 cm³/mol. The van der Waals surface area contributed by atoms with Crippen molar-refractivity contribution in [3.63, 3.8) is 0 Å². The Morgan fingerprint density at radius 2 is 1.45 bits per heavy atom. The van der Waals surface area contributed by atoms with Gasteiger partial charge >= 0.3 is 5.97 Å². The normalized spacial score (nSPS) is 26.8. The molecule has 0 radical (unpaired) electrons. The number of carbonyl (C=O) groups is 1. The summed E-state index contributed by atoms with van der Waals surface area (Å²) in [5, 5.41) is 0. The molecule has 0 N–H and O–H groups in total. The summed E-state index contributed by atoms with van der Waals surface area (Å²) in [5.74, 6) is 1.93. The molecular formula is C20H36O2. The van der Waals surface area contributed by atoms with Crippen LogP contribution in [-0.2, 0) is 9.53 Å². The van der Waals surface area contributed by atoms with Gasteiger partial charge in [-0.05, 0) is 50.4 Å². The largest absolute Gasteiger partial charge is 0.462 e. The molecule has 0 spiro atoms. The van der Waals surface area contributed by atoms with Gasteiger partial charge in [0.2, 0.25) is 0 Å². The molecule has 2 aliphatic carbocycles. The summed E-state index contributed by atoms with van der Waals surface area (Å²) in [7, 11) is 0. The maximum absolute atomic E-state index is 11.9. The van der Waals surface area contributed by atoms with Crippen molar-refractivity contribution >= 4 is 5.97 Å². The van der Waals surface area contributed by atoms with E-state index in [9.17, 15) is 4.79 Å². The van der Waals surface area contributed by atoms with Crippen LogP contribution in [0.1, 0.15) is 103 Å². The summed E-state index contributed by atoms with van der Waals surface area (Å²) in [6.07, 6.45) is 18.9. The Labute approximate surface area is 137 Å². The minimum atomic E-state index is 0.0588. The van der Waals surface area contributed by atoms with Gasteiger partial charge in [-0.2, -0.15) is 0 Å². The van der Waals surface area contributed by atoms with Crippen LogP contribution >= 0.6 is 0 Å². The lowest BCUT2D eigenvalue weighted by molar-refractivity contribution is -0.150. The molecule has 2 saturated carbocycles. The van der Waals surface area contributed by atoms with Crippen molar-refractivity contribution in [2.75, 3.05) is 0 Å². The molecule has 0 saturated heterocycles. The standard InChI is InChI=1S/C20H36O2/c1-2-3-8-17-13-15-18(16-14-17)9-7-12-20(21)22-19-10-5-4-6-11-19/h17-19H,2-16H2,1H3. The molecule has 0 heterocycles. The van der Waals surface area contributed by atoms with E-state index in [1.165, 1.54) is 70.6 Å². The number of ether oxygens (including phenoxy) is 1. The van der Waals surface area contributed by atoms with Crippen molar-refractivity contribution in [3.05, 3.63) is 0 Å². The summed E-state index contributed by atoms with van der Waals surface area (Å²) in [5.41, 5.74) is 0. The number of hydrogen-bond donors (Lipinski definition) is 0. The molecule has 0 unspecified atom stereocenters. The van der Waals surface area contributed by atoms with Crippen LogP contribution in [0, 0.1) is 11.8 Å². The van der Waals surface area contributed by atoms with Crippen molar-refractivity contribution in [3.8, 4) is 0 Å². The van der Waals surface area contributed by atoms with Crippen LogP contribution in [0.25, 0.3) is 0 Å². The Morgan fingerprint density at radius 3 is 2.05 bits per heavy atom. The summed E-state index contributed by atoms with van der Waals surface area (Å²) in [4.78, 5) is 11.9. The second-order valence-corrected chi connectivity index (χ2v) is 7.67. The fourth-order valence-corrected chi connectivity index (χ4v) is 4.26.